The molecule has 5 heteroatoms. The van der Waals surface area contributed by atoms with Gasteiger partial charge in [0.15, 0.2) is 0 Å². The Morgan fingerprint density at radius 1 is 1.38 bits per heavy atom. The van der Waals surface area contributed by atoms with Gasteiger partial charge >= 0.3 is 0 Å². The van der Waals surface area contributed by atoms with Crippen LogP contribution in [-0.2, 0) is 6.42 Å². The highest BCUT2D eigenvalue weighted by Gasteiger charge is 2.31. The van der Waals surface area contributed by atoms with Crippen LogP contribution in [0.1, 0.15) is 38.7 Å². The number of nitro groups is 1. The summed E-state index contributed by atoms with van der Waals surface area (Å²) in [6.45, 7) is 4.35. The second-order valence-corrected chi connectivity index (χ2v) is 6.42. The summed E-state index contributed by atoms with van der Waals surface area (Å²) in [5.74, 6) is 0.571. The molecule has 0 heterocycles. The molecule has 116 valence electrons. The third-order valence-electron chi connectivity index (χ3n) is 4.58. The zero-order valence-corrected chi connectivity index (χ0v) is 12.5. The highest BCUT2D eigenvalue weighted by atomic mass is 19.1. The van der Waals surface area contributed by atoms with E-state index in [9.17, 15) is 19.6 Å². The van der Waals surface area contributed by atoms with Gasteiger partial charge in [0.2, 0.25) is 0 Å². The highest BCUT2D eigenvalue weighted by Crippen LogP contribution is 2.36. The third-order valence-corrected chi connectivity index (χ3v) is 4.58. The molecule has 4 nitrogen and oxygen atoms in total. The highest BCUT2D eigenvalue weighted by molar-refractivity contribution is 5.35. The molecule has 1 aliphatic carbocycles. The molecular weight excluding hydrogens is 273 g/mol. The topological polar surface area (TPSA) is 63.4 Å². The minimum atomic E-state index is -0.593. The summed E-state index contributed by atoms with van der Waals surface area (Å²) in [5.41, 5.74) is 0.367. The molecule has 1 aromatic rings. The van der Waals surface area contributed by atoms with Gasteiger partial charge in [-0.05, 0) is 55.1 Å². The number of benzene rings is 1. The van der Waals surface area contributed by atoms with Crippen LogP contribution in [-0.4, -0.2) is 16.1 Å². The number of hydrogen-bond donors (Lipinski definition) is 1. The van der Waals surface area contributed by atoms with Crippen molar-refractivity contribution in [1.29, 1.82) is 0 Å². The van der Waals surface area contributed by atoms with E-state index in [-0.39, 0.29) is 11.6 Å². The molecule has 21 heavy (non-hydrogen) atoms. The summed E-state index contributed by atoms with van der Waals surface area (Å²) >= 11 is 0. The van der Waals surface area contributed by atoms with Gasteiger partial charge in [-0.15, -0.1) is 0 Å². The predicted molar refractivity (Wildman–Crippen MR) is 78.4 cm³/mol. The number of halogens is 1. The zero-order valence-electron chi connectivity index (χ0n) is 12.5. The standard InChI is InChI=1S/C16H22FNO3/c1-10(2)12-3-4-16(19)13(8-12)5-11-6-14(17)9-15(7-11)18(20)21/h6-7,9-10,12-13,16,19H,3-5,8H2,1-2H3. The van der Waals surface area contributed by atoms with Crippen LogP contribution in [0.25, 0.3) is 0 Å². The van der Waals surface area contributed by atoms with E-state index in [2.05, 4.69) is 13.8 Å². The van der Waals surface area contributed by atoms with Crippen molar-refractivity contribution < 1.29 is 14.4 Å². The quantitative estimate of drug-likeness (QED) is 0.680. The van der Waals surface area contributed by atoms with Crippen molar-refractivity contribution in [3.8, 4) is 0 Å². The fraction of sp³-hybridized carbons (Fsp3) is 0.625. The summed E-state index contributed by atoms with van der Waals surface area (Å²) in [4.78, 5) is 10.2. The van der Waals surface area contributed by atoms with Crippen LogP contribution in [0.15, 0.2) is 18.2 Å². The number of aliphatic hydroxyl groups is 1. The first kappa shape index (κ1) is 15.9. The molecule has 0 spiro atoms. The van der Waals surface area contributed by atoms with E-state index in [1.54, 1.807) is 0 Å². The normalized spacial score (nSPS) is 26.0. The van der Waals surface area contributed by atoms with E-state index >= 15 is 0 Å². The smallest absolute Gasteiger partial charge is 0.272 e. The molecule has 0 aliphatic heterocycles. The van der Waals surface area contributed by atoms with Crippen molar-refractivity contribution in [2.24, 2.45) is 17.8 Å². The van der Waals surface area contributed by atoms with Crippen LogP contribution >= 0.6 is 0 Å². The van der Waals surface area contributed by atoms with Crippen LogP contribution in [0.2, 0.25) is 0 Å². The largest absolute Gasteiger partial charge is 0.393 e. The second-order valence-electron chi connectivity index (χ2n) is 6.42. The van der Waals surface area contributed by atoms with E-state index in [1.165, 1.54) is 12.1 Å². The fourth-order valence-electron chi connectivity index (χ4n) is 3.27. The molecule has 1 fully saturated rings. The maximum absolute atomic E-state index is 13.5. The van der Waals surface area contributed by atoms with Gasteiger partial charge in [-0.2, -0.15) is 0 Å². The average molecular weight is 295 g/mol. The molecule has 2 rings (SSSR count). The van der Waals surface area contributed by atoms with Crippen molar-refractivity contribution in [3.63, 3.8) is 0 Å². The summed E-state index contributed by atoms with van der Waals surface area (Å²) in [7, 11) is 0. The molecule has 0 bridgehead atoms. The van der Waals surface area contributed by atoms with Crippen LogP contribution in [0.3, 0.4) is 0 Å². The van der Waals surface area contributed by atoms with Gasteiger partial charge in [0.25, 0.3) is 5.69 Å². The molecule has 1 aromatic carbocycles. The van der Waals surface area contributed by atoms with Crippen molar-refractivity contribution in [1.82, 2.24) is 0 Å². The van der Waals surface area contributed by atoms with Gasteiger partial charge in [0.1, 0.15) is 5.82 Å². The Hall–Kier alpha value is -1.49. The summed E-state index contributed by atoms with van der Waals surface area (Å²) in [6, 6.07) is 3.67. The van der Waals surface area contributed by atoms with E-state index in [0.717, 1.165) is 25.3 Å². The second kappa shape index (κ2) is 6.52. The Bertz CT molecular complexity index is 518. The SMILES string of the molecule is CC(C)C1CCC(O)C(Cc2cc(F)cc([N+](=O)[O-])c2)C1. The zero-order chi connectivity index (χ0) is 15.6. The molecule has 1 N–H and O–H groups in total. The lowest BCUT2D eigenvalue weighted by Crippen LogP contribution is -2.32. The lowest BCUT2D eigenvalue weighted by atomic mass is 9.73. The lowest BCUT2D eigenvalue weighted by Gasteiger charge is -2.35. The first-order valence-corrected chi connectivity index (χ1v) is 7.48. The summed E-state index contributed by atoms with van der Waals surface area (Å²) in [6.07, 6.45) is 2.75. The number of non-ortho nitro benzene ring substituents is 1. The number of nitrogens with zero attached hydrogens (tertiary/aromatic N) is 1. The van der Waals surface area contributed by atoms with E-state index in [0.29, 0.717) is 23.8 Å². The van der Waals surface area contributed by atoms with E-state index in [1.807, 2.05) is 0 Å². The van der Waals surface area contributed by atoms with Gasteiger partial charge in [-0.3, -0.25) is 10.1 Å². The van der Waals surface area contributed by atoms with Crippen molar-refractivity contribution in [2.75, 3.05) is 0 Å². The van der Waals surface area contributed by atoms with Gasteiger partial charge in [0, 0.05) is 6.07 Å². The third kappa shape index (κ3) is 4.00. The Kier molecular flexibility index (Phi) is 4.93. The number of aliphatic hydroxyl groups excluding tert-OH is 1. The molecule has 3 atom stereocenters. The van der Waals surface area contributed by atoms with Crippen LogP contribution in [0, 0.1) is 33.7 Å². The van der Waals surface area contributed by atoms with Crippen molar-refractivity contribution >= 4 is 5.69 Å². The van der Waals surface area contributed by atoms with Crippen molar-refractivity contribution in [3.05, 3.63) is 39.7 Å². The number of rotatable bonds is 4. The monoisotopic (exact) mass is 295 g/mol. The molecule has 0 aromatic heterocycles. The predicted octanol–water partition coefficient (Wildman–Crippen LogP) is 3.71. The van der Waals surface area contributed by atoms with Gasteiger partial charge in [-0.1, -0.05) is 13.8 Å². The number of hydrogen-bond acceptors (Lipinski definition) is 3. The molecule has 0 radical (unpaired) electrons. The lowest BCUT2D eigenvalue weighted by molar-refractivity contribution is -0.385. The van der Waals surface area contributed by atoms with Crippen LogP contribution in [0.5, 0.6) is 0 Å². The Balaban J connectivity index is 2.14. The fourth-order valence-corrected chi connectivity index (χ4v) is 3.27. The first-order valence-electron chi connectivity index (χ1n) is 7.48. The average Bonchev–Trinajstić information content (AvgIpc) is 2.40. The molecule has 1 saturated carbocycles. The maximum atomic E-state index is 13.5. The molecule has 1 aliphatic rings. The summed E-state index contributed by atoms with van der Waals surface area (Å²) in [5, 5.41) is 20.9. The molecular formula is C16H22FNO3. The van der Waals surface area contributed by atoms with E-state index < -0.39 is 16.8 Å². The first-order chi connectivity index (χ1) is 9.86. The van der Waals surface area contributed by atoms with Gasteiger partial charge < -0.3 is 5.11 Å². The van der Waals surface area contributed by atoms with Gasteiger partial charge in [-0.25, -0.2) is 4.39 Å². The molecule has 0 amide bonds. The van der Waals surface area contributed by atoms with E-state index in [4.69, 9.17) is 0 Å². The molecule has 0 saturated heterocycles. The van der Waals surface area contributed by atoms with Crippen LogP contribution < -0.4 is 0 Å². The Morgan fingerprint density at radius 2 is 2.10 bits per heavy atom. The van der Waals surface area contributed by atoms with Crippen molar-refractivity contribution in [2.45, 2.75) is 45.6 Å². The minimum absolute atomic E-state index is 0.0487. The molecule has 3 unspecified atom stereocenters. The Labute approximate surface area is 124 Å². The number of nitro benzene ring substituents is 1. The minimum Gasteiger partial charge on any atom is -0.393 e. The maximum Gasteiger partial charge on any atom is 0.272 e. The van der Waals surface area contributed by atoms with Crippen LogP contribution in [0.4, 0.5) is 10.1 Å². The summed E-state index contributed by atoms with van der Waals surface area (Å²) < 4.78 is 13.5. The Morgan fingerprint density at radius 3 is 2.71 bits per heavy atom. The van der Waals surface area contributed by atoms with Gasteiger partial charge in [0.05, 0.1) is 17.1 Å².